The van der Waals surface area contributed by atoms with Crippen LogP contribution >= 0.6 is 0 Å². The number of rotatable bonds is 5. The van der Waals surface area contributed by atoms with Gasteiger partial charge in [-0.15, -0.1) is 0 Å². The van der Waals surface area contributed by atoms with Crippen molar-refractivity contribution in [3.63, 3.8) is 0 Å². The van der Waals surface area contributed by atoms with Crippen LogP contribution in [0.1, 0.15) is 23.2 Å². The second-order valence-electron chi connectivity index (χ2n) is 6.77. The number of halogens is 1. The molecule has 1 aromatic heterocycles. The number of anilines is 1. The summed E-state index contributed by atoms with van der Waals surface area (Å²) in [6.45, 7) is 1.23. The number of nitrogens with zero attached hydrogens (tertiary/aromatic N) is 2. The van der Waals surface area contributed by atoms with Crippen molar-refractivity contribution in [2.75, 3.05) is 30.6 Å². The number of carbonyl (C=O) groups is 1. The average Bonchev–Trinajstić information content (AvgIpc) is 3.25. The second kappa shape index (κ2) is 7.96. The van der Waals surface area contributed by atoms with Crippen LogP contribution in [0.15, 0.2) is 41.4 Å². The van der Waals surface area contributed by atoms with Crippen molar-refractivity contribution in [2.45, 2.75) is 23.8 Å². The lowest BCUT2D eigenvalue weighted by atomic mass is 10.2. The van der Waals surface area contributed by atoms with E-state index >= 15 is 0 Å². The van der Waals surface area contributed by atoms with Gasteiger partial charge in [0.05, 0.1) is 23.1 Å². The van der Waals surface area contributed by atoms with E-state index in [1.165, 1.54) is 24.4 Å². The van der Waals surface area contributed by atoms with E-state index in [9.17, 15) is 17.6 Å². The maximum atomic E-state index is 13.2. The first kappa shape index (κ1) is 19.6. The Balaban J connectivity index is 1.59. The molecule has 2 aliphatic rings. The van der Waals surface area contributed by atoms with E-state index in [-0.39, 0.29) is 47.2 Å². The number of fused-ring (bicyclic) bond motifs is 1. The molecule has 8 nitrogen and oxygen atoms in total. The van der Waals surface area contributed by atoms with Crippen molar-refractivity contribution >= 4 is 21.6 Å². The zero-order valence-electron chi connectivity index (χ0n) is 15.5. The third kappa shape index (κ3) is 4.03. The van der Waals surface area contributed by atoms with Crippen LogP contribution in [0.25, 0.3) is 0 Å². The number of ether oxygens (including phenoxy) is 2. The first-order chi connectivity index (χ1) is 13.9. The largest absolute Gasteiger partial charge is 0.474 e. The fourth-order valence-corrected chi connectivity index (χ4v) is 4.74. The SMILES string of the molecule is O=C(NCC1CCCO1)c1cnc2c(c1)N(S(=O)(=O)c1ccc(F)cc1)CCO2. The number of carbonyl (C=O) groups excluding carboxylic acids is 1. The van der Waals surface area contributed by atoms with Crippen molar-refractivity contribution in [2.24, 2.45) is 0 Å². The molecule has 4 rings (SSSR count). The Morgan fingerprint density at radius 2 is 2.07 bits per heavy atom. The van der Waals surface area contributed by atoms with Crippen LogP contribution in [0, 0.1) is 5.82 Å². The van der Waals surface area contributed by atoms with Gasteiger partial charge in [-0.2, -0.15) is 0 Å². The number of aromatic nitrogens is 1. The van der Waals surface area contributed by atoms with Gasteiger partial charge in [-0.3, -0.25) is 9.10 Å². The highest BCUT2D eigenvalue weighted by molar-refractivity contribution is 7.92. The summed E-state index contributed by atoms with van der Waals surface area (Å²) in [5, 5.41) is 2.78. The molecular weight excluding hydrogens is 401 g/mol. The minimum atomic E-state index is -3.97. The molecule has 1 unspecified atom stereocenters. The predicted octanol–water partition coefficient (Wildman–Crippen LogP) is 1.72. The topological polar surface area (TPSA) is 97.8 Å². The quantitative estimate of drug-likeness (QED) is 0.790. The molecule has 10 heteroatoms. The number of hydrogen-bond donors (Lipinski definition) is 1. The number of pyridine rings is 1. The maximum absolute atomic E-state index is 13.2. The Morgan fingerprint density at radius 1 is 1.28 bits per heavy atom. The fraction of sp³-hybridized carbons (Fsp3) is 0.368. The normalized spacial score (nSPS) is 18.8. The molecule has 0 aliphatic carbocycles. The van der Waals surface area contributed by atoms with E-state index in [0.717, 1.165) is 29.3 Å². The lowest BCUT2D eigenvalue weighted by Gasteiger charge is -2.29. The molecule has 1 amide bonds. The number of amides is 1. The van der Waals surface area contributed by atoms with Gasteiger partial charge in [-0.1, -0.05) is 0 Å². The highest BCUT2D eigenvalue weighted by Gasteiger charge is 2.32. The number of hydrogen-bond acceptors (Lipinski definition) is 6. The number of nitrogens with one attached hydrogen (secondary N) is 1. The van der Waals surface area contributed by atoms with E-state index in [0.29, 0.717) is 13.2 Å². The average molecular weight is 421 g/mol. The summed E-state index contributed by atoms with van der Waals surface area (Å²) in [5.74, 6) is -0.781. The van der Waals surface area contributed by atoms with Crippen LogP contribution in [0.5, 0.6) is 5.88 Å². The van der Waals surface area contributed by atoms with Crippen LogP contribution in [0.4, 0.5) is 10.1 Å². The molecule has 1 aromatic carbocycles. The monoisotopic (exact) mass is 421 g/mol. The lowest BCUT2D eigenvalue weighted by molar-refractivity contribution is 0.0857. The zero-order chi connectivity index (χ0) is 20.4. The van der Waals surface area contributed by atoms with Crippen molar-refractivity contribution in [3.05, 3.63) is 47.9 Å². The molecule has 2 aromatic rings. The Labute approximate surface area is 167 Å². The molecule has 0 bridgehead atoms. The Morgan fingerprint density at radius 3 is 2.79 bits per heavy atom. The third-order valence-electron chi connectivity index (χ3n) is 4.81. The maximum Gasteiger partial charge on any atom is 0.264 e. The van der Waals surface area contributed by atoms with Crippen molar-refractivity contribution < 1.29 is 27.1 Å². The van der Waals surface area contributed by atoms with Gasteiger partial charge in [-0.25, -0.2) is 17.8 Å². The van der Waals surface area contributed by atoms with Crippen molar-refractivity contribution in [3.8, 4) is 5.88 Å². The Hall–Kier alpha value is -2.72. The van der Waals surface area contributed by atoms with Gasteiger partial charge in [0.15, 0.2) is 0 Å². The van der Waals surface area contributed by atoms with E-state index in [4.69, 9.17) is 9.47 Å². The summed E-state index contributed by atoms with van der Waals surface area (Å²) in [4.78, 5) is 16.5. The first-order valence-electron chi connectivity index (χ1n) is 9.26. The minimum absolute atomic E-state index is 0.0109. The van der Waals surface area contributed by atoms with Crippen LogP contribution in [-0.4, -0.2) is 51.7 Å². The van der Waals surface area contributed by atoms with Crippen LogP contribution < -0.4 is 14.4 Å². The summed E-state index contributed by atoms with van der Waals surface area (Å²) in [5.41, 5.74) is 0.386. The van der Waals surface area contributed by atoms with Crippen LogP contribution in [0.2, 0.25) is 0 Å². The van der Waals surface area contributed by atoms with Gasteiger partial charge in [0.25, 0.3) is 15.9 Å². The van der Waals surface area contributed by atoms with Gasteiger partial charge in [0, 0.05) is 19.3 Å². The zero-order valence-corrected chi connectivity index (χ0v) is 16.3. The van der Waals surface area contributed by atoms with Gasteiger partial charge >= 0.3 is 0 Å². The van der Waals surface area contributed by atoms with Crippen LogP contribution in [-0.2, 0) is 14.8 Å². The lowest BCUT2D eigenvalue weighted by Crippen LogP contribution is -2.38. The smallest absolute Gasteiger partial charge is 0.264 e. The highest BCUT2D eigenvalue weighted by Crippen LogP contribution is 2.34. The molecule has 1 atom stereocenters. The van der Waals surface area contributed by atoms with E-state index in [2.05, 4.69) is 10.3 Å². The van der Waals surface area contributed by atoms with Gasteiger partial charge in [0.2, 0.25) is 5.88 Å². The summed E-state index contributed by atoms with van der Waals surface area (Å²) >= 11 is 0. The van der Waals surface area contributed by atoms with Gasteiger partial charge < -0.3 is 14.8 Å². The Kier molecular flexibility index (Phi) is 5.37. The molecular formula is C19H20FN3O5S. The second-order valence-corrected chi connectivity index (χ2v) is 8.64. The molecule has 154 valence electrons. The van der Waals surface area contributed by atoms with E-state index in [1.807, 2.05) is 0 Å². The third-order valence-corrected chi connectivity index (χ3v) is 6.64. The molecule has 1 fully saturated rings. The molecule has 0 radical (unpaired) electrons. The number of sulfonamides is 1. The predicted molar refractivity (Wildman–Crippen MR) is 102 cm³/mol. The summed E-state index contributed by atoms with van der Waals surface area (Å²) in [7, 11) is -3.97. The molecule has 0 spiro atoms. The fourth-order valence-electron chi connectivity index (χ4n) is 3.30. The first-order valence-corrected chi connectivity index (χ1v) is 10.7. The molecule has 2 aliphatic heterocycles. The summed E-state index contributed by atoms with van der Waals surface area (Å²) in [6.07, 6.45) is 3.19. The number of benzene rings is 1. The Bertz CT molecular complexity index is 1010. The van der Waals surface area contributed by atoms with Crippen molar-refractivity contribution in [1.29, 1.82) is 0 Å². The summed E-state index contributed by atoms with van der Waals surface area (Å²) in [6, 6.07) is 6.01. The molecule has 3 heterocycles. The molecule has 1 saturated heterocycles. The minimum Gasteiger partial charge on any atom is -0.474 e. The molecule has 1 N–H and O–H groups in total. The van der Waals surface area contributed by atoms with E-state index < -0.39 is 15.8 Å². The molecule has 29 heavy (non-hydrogen) atoms. The van der Waals surface area contributed by atoms with Crippen molar-refractivity contribution in [1.82, 2.24) is 10.3 Å². The highest BCUT2D eigenvalue weighted by atomic mass is 32.2. The van der Waals surface area contributed by atoms with Gasteiger partial charge in [-0.05, 0) is 43.2 Å². The molecule has 0 saturated carbocycles. The van der Waals surface area contributed by atoms with Crippen LogP contribution in [0.3, 0.4) is 0 Å². The van der Waals surface area contributed by atoms with Gasteiger partial charge in [0.1, 0.15) is 18.1 Å². The van der Waals surface area contributed by atoms with E-state index in [1.54, 1.807) is 0 Å². The summed E-state index contributed by atoms with van der Waals surface area (Å²) < 4.78 is 51.3. The standard InChI is InChI=1S/C19H20FN3O5S/c20-14-3-5-16(6-4-14)29(25,26)23-7-9-28-19-17(23)10-13(11-22-19)18(24)21-12-15-2-1-8-27-15/h3-6,10-11,15H,1-2,7-9,12H2,(H,21,24).